The number of aliphatic hydroxyl groups is 11. The summed E-state index contributed by atoms with van der Waals surface area (Å²) in [5.74, 6) is -0.722. The maximum Gasteiger partial charge on any atom is 0.217 e. The lowest BCUT2D eigenvalue weighted by Gasteiger charge is -2.50. The zero-order valence-corrected chi connectivity index (χ0v) is 27.0. The molecule has 4 aliphatic heterocycles. The summed E-state index contributed by atoms with van der Waals surface area (Å²) < 4.78 is 45.1. The molecule has 0 aliphatic carbocycles. The minimum absolute atomic E-state index is 0.290. The van der Waals surface area contributed by atoms with E-state index in [4.69, 9.17) is 37.9 Å². The highest BCUT2D eigenvalue weighted by Gasteiger charge is 2.55. The van der Waals surface area contributed by atoms with E-state index in [0.29, 0.717) is 0 Å². The summed E-state index contributed by atoms with van der Waals surface area (Å²) in [7, 11) is 1.29. The average molecular weight is 720 g/mol. The SMILES string of the molecule is COCC1O[C@@H](O[C@@H]2C(CO)OC(C)C(O)[C@H]2O)C(O)[C@@H](O[C@@H]2OC(CO)[C@@H](O)[C@H](O[C@@H]3OC(CO)[C@H](O)[C@H](O)C3O)C2NC(C)=O)[C@H]1O. The van der Waals surface area contributed by atoms with Gasteiger partial charge in [0.05, 0.1) is 32.5 Å². The van der Waals surface area contributed by atoms with Crippen LogP contribution in [0.2, 0.25) is 0 Å². The second-order valence-electron chi connectivity index (χ2n) is 12.5. The Labute approximate surface area is 280 Å². The molecule has 1 amide bonds. The van der Waals surface area contributed by atoms with Gasteiger partial charge in [0.1, 0.15) is 97.6 Å². The van der Waals surface area contributed by atoms with Crippen LogP contribution in [0.25, 0.3) is 0 Å². The molecule has 4 heterocycles. The summed E-state index contributed by atoms with van der Waals surface area (Å²) in [6.45, 7) is -0.0414. The molecule has 4 rings (SSSR count). The van der Waals surface area contributed by atoms with Crippen LogP contribution in [0.15, 0.2) is 0 Å². The van der Waals surface area contributed by atoms with Crippen LogP contribution in [-0.2, 0) is 42.7 Å². The lowest BCUT2D eigenvalue weighted by atomic mass is 9.94. The maximum atomic E-state index is 12.4. The first kappa shape index (κ1) is 40.5. The number of ether oxygens (including phenoxy) is 8. The Balaban J connectivity index is 1.63. The van der Waals surface area contributed by atoms with E-state index in [1.165, 1.54) is 14.0 Å². The minimum Gasteiger partial charge on any atom is -0.394 e. The highest BCUT2D eigenvalue weighted by atomic mass is 16.8. The van der Waals surface area contributed by atoms with E-state index in [1.54, 1.807) is 0 Å². The summed E-state index contributed by atoms with van der Waals surface area (Å²) in [5, 5.41) is 118. The molecule has 4 aliphatic rings. The molecule has 21 nitrogen and oxygen atoms in total. The number of aliphatic hydroxyl groups excluding tert-OH is 11. The molecule has 0 radical (unpaired) electrons. The molecule has 9 unspecified atom stereocenters. The molecule has 4 fully saturated rings. The summed E-state index contributed by atoms with van der Waals surface area (Å²) >= 11 is 0. The predicted octanol–water partition coefficient (Wildman–Crippen LogP) is -7.88. The number of hydrogen-bond donors (Lipinski definition) is 12. The normalized spacial score (nSPS) is 49.4. The lowest BCUT2D eigenvalue weighted by molar-refractivity contribution is -0.375. The molecule has 0 spiro atoms. The number of carbonyl (C=O) groups excluding carboxylic acids is 1. The van der Waals surface area contributed by atoms with Gasteiger partial charge >= 0.3 is 0 Å². The van der Waals surface area contributed by atoms with Crippen LogP contribution in [0.3, 0.4) is 0 Å². The molecule has 20 atom stereocenters. The molecule has 0 bridgehead atoms. The van der Waals surface area contributed by atoms with Gasteiger partial charge in [-0.2, -0.15) is 0 Å². The van der Waals surface area contributed by atoms with Crippen LogP contribution in [0, 0.1) is 0 Å². The first-order chi connectivity index (χ1) is 23.2. The van der Waals surface area contributed by atoms with Crippen LogP contribution in [0.5, 0.6) is 0 Å². The third-order valence-corrected chi connectivity index (χ3v) is 9.02. The molecular formula is C28H49NO20. The predicted molar refractivity (Wildman–Crippen MR) is 154 cm³/mol. The van der Waals surface area contributed by atoms with Crippen LogP contribution in [0.4, 0.5) is 0 Å². The standard InChI is InChI=1S/C28H49NO20/c1-8-15(34)20(39)23(12(6-32)43-8)47-28-22(41)25(18(37)13(46-28)7-42-3)49-26-14(29-9(2)33)24(17(36)11(5-31)44-26)48-27-21(40)19(38)16(35)10(4-30)45-27/h8,10-28,30-32,34-41H,4-7H2,1-3H3,(H,29,33)/t8?,10?,11?,12?,13?,14?,15?,16-,17+,18-,19-,20+,21?,22?,23+,24+,25-,26-,27-,28-/m0/s1. The molecule has 49 heavy (non-hydrogen) atoms. The third kappa shape index (κ3) is 8.68. The van der Waals surface area contributed by atoms with E-state index in [0.717, 1.165) is 6.92 Å². The second-order valence-corrected chi connectivity index (χ2v) is 12.5. The van der Waals surface area contributed by atoms with Gasteiger partial charge in [-0.25, -0.2) is 0 Å². The topological polar surface area (TPSA) is 325 Å². The van der Waals surface area contributed by atoms with Gasteiger partial charge < -0.3 is 99.4 Å². The summed E-state index contributed by atoms with van der Waals surface area (Å²) in [5.41, 5.74) is 0. The summed E-state index contributed by atoms with van der Waals surface area (Å²) in [4.78, 5) is 12.4. The van der Waals surface area contributed by atoms with Gasteiger partial charge in [0.2, 0.25) is 5.91 Å². The maximum absolute atomic E-state index is 12.4. The Morgan fingerprint density at radius 1 is 0.571 bits per heavy atom. The van der Waals surface area contributed by atoms with E-state index in [1.807, 2.05) is 0 Å². The Morgan fingerprint density at radius 3 is 1.67 bits per heavy atom. The van der Waals surface area contributed by atoms with Crippen molar-refractivity contribution in [3.63, 3.8) is 0 Å². The first-order valence-electron chi connectivity index (χ1n) is 15.8. The molecule has 12 N–H and O–H groups in total. The van der Waals surface area contributed by atoms with Crippen molar-refractivity contribution in [3.8, 4) is 0 Å². The van der Waals surface area contributed by atoms with Crippen LogP contribution < -0.4 is 5.32 Å². The Bertz CT molecular complexity index is 1040. The zero-order chi connectivity index (χ0) is 36.3. The van der Waals surface area contributed by atoms with E-state index in [2.05, 4.69) is 5.32 Å². The fourth-order valence-electron chi connectivity index (χ4n) is 6.30. The van der Waals surface area contributed by atoms with E-state index in [-0.39, 0.29) is 6.61 Å². The quantitative estimate of drug-likeness (QED) is 0.0891. The largest absolute Gasteiger partial charge is 0.394 e. The zero-order valence-electron chi connectivity index (χ0n) is 27.0. The summed E-state index contributed by atoms with van der Waals surface area (Å²) in [6.07, 6.45) is -30.3. The van der Waals surface area contributed by atoms with E-state index < -0.39 is 148 Å². The molecule has 286 valence electrons. The number of methoxy groups -OCH3 is 1. The van der Waals surface area contributed by atoms with Crippen molar-refractivity contribution in [1.82, 2.24) is 5.32 Å². The van der Waals surface area contributed by atoms with Crippen molar-refractivity contribution < 1.29 is 98.9 Å². The van der Waals surface area contributed by atoms with Crippen LogP contribution in [0.1, 0.15) is 13.8 Å². The van der Waals surface area contributed by atoms with E-state index >= 15 is 0 Å². The van der Waals surface area contributed by atoms with E-state index in [9.17, 15) is 61.0 Å². The van der Waals surface area contributed by atoms with Gasteiger partial charge in [0, 0.05) is 14.0 Å². The number of nitrogens with one attached hydrogen (secondary N) is 1. The molecule has 0 aromatic heterocycles. The highest BCUT2D eigenvalue weighted by molar-refractivity contribution is 5.73. The number of hydrogen-bond acceptors (Lipinski definition) is 20. The minimum atomic E-state index is -1.92. The Kier molecular flexibility index (Phi) is 14.4. The lowest BCUT2D eigenvalue weighted by Crippen LogP contribution is -2.70. The van der Waals surface area contributed by atoms with Crippen LogP contribution >= 0.6 is 0 Å². The second kappa shape index (κ2) is 17.5. The smallest absolute Gasteiger partial charge is 0.217 e. The third-order valence-electron chi connectivity index (χ3n) is 9.02. The number of amides is 1. The summed E-state index contributed by atoms with van der Waals surface area (Å²) in [6, 6.07) is -1.55. The van der Waals surface area contributed by atoms with Gasteiger partial charge in [0.15, 0.2) is 18.9 Å². The van der Waals surface area contributed by atoms with Gasteiger partial charge in [-0.15, -0.1) is 0 Å². The average Bonchev–Trinajstić information content (AvgIpc) is 3.07. The molecule has 0 saturated carbocycles. The highest BCUT2D eigenvalue weighted by Crippen LogP contribution is 2.34. The van der Waals surface area contributed by atoms with Crippen molar-refractivity contribution in [2.45, 2.75) is 136 Å². The Hall–Kier alpha value is -1.29. The van der Waals surface area contributed by atoms with Gasteiger partial charge in [-0.3, -0.25) is 4.79 Å². The van der Waals surface area contributed by atoms with Crippen LogP contribution in [-0.4, -0.2) is 218 Å². The fraction of sp³-hybridized carbons (Fsp3) is 0.964. The molecule has 0 aromatic rings. The molecule has 21 heteroatoms. The number of rotatable bonds is 12. The number of carbonyl (C=O) groups is 1. The Morgan fingerprint density at radius 2 is 1.08 bits per heavy atom. The van der Waals surface area contributed by atoms with Crippen molar-refractivity contribution in [3.05, 3.63) is 0 Å². The van der Waals surface area contributed by atoms with Crippen molar-refractivity contribution >= 4 is 5.91 Å². The molecule has 4 saturated heterocycles. The van der Waals surface area contributed by atoms with Crippen molar-refractivity contribution in [2.24, 2.45) is 0 Å². The van der Waals surface area contributed by atoms with Gasteiger partial charge in [-0.1, -0.05) is 0 Å². The van der Waals surface area contributed by atoms with Gasteiger partial charge in [0.25, 0.3) is 0 Å². The molecular weight excluding hydrogens is 670 g/mol. The first-order valence-corrected chi connectivity index (χ1v) is 15.8. The monoisotopic (exact) mass is 719 g/mol. The van der Waals surface area contributed by atoms with Crippen molar-refractivity contribution in [2.75, 3.05) is 33.5 Å². The van der Waals surface area contributed by atoms with Crippen molar-refractivity contribution in [1.29, 1.82) is 0 Å². The van der Waals surface area contributed by atoms with Gasteiger partial charge in [-0.05, 0) is 6.92 Å². The fourth-order valence-corrected chi connectivity index (χ4v) is 6.30. The molecule has 0 aromatic carbocycles.